The molecule has 0 aromatic heterocycles. The van der Waals surface area contributed by atoms with E-state index in [0.29, 0.717) is 12.4 Å². The average molecular weight is 449 g/mol. The summed E-state index contributed by atoms with van der Waals surface area (Å²) in [5, 5.41) is 16.3. The van der Waals surface area contributed by atoms with E-state index in [1.807, 2.05) is 31.2 Å². The largest absolute Gasteiger partial charge is 0.508 e. The zero-order valence-electron chi connectivity index (χ0n) is 20.0. The highest BCUT2D eigenvalue weighted by Gasteiger charge is 2.16. The fraction of sp³-hybridized carbons (Fsp3) is 0.357. The molecule has 0 aliphatic carbocycles. The summed E-state index contributed by atoms with van der Waals surface area (Å²) in [6.45, 7) is 9.35. The summed E-state index contributed by atoms with van der Waals surface area (Å²) in [5.41, 5.74) is 6.02. The van der Waals surface area contributed by atoms with E-state index in [1.165, 1.54) is 42.7 Å². The number of nitrogens with zero attached hydrogens (tertiary/aromatic N) is 2. The van der Waals surface area contributed by atoms with Gasteiger partial charge in [-0.15, -0.1) is 0 Å². The molecule has 33 heavy (non-hydrogen) atoms. The molecule has 5 rings (SSSR count). The van der Waals surface area contributed by atoms with Crippen molar-refractivity contribution in [2.75, 3.05) is 43.1 Å². The van der Waals surface area contributed by atoms with Crippen LogP contribution in [-0.4, -0.2) is 43.5 Å². The van der Waals surface area contributed by atoms with Crippen molar-refractivity contribution in [2.24, 2.45) is 0 Å². The molecule has 2 heterocycles. The smallest absolute Gasteiger partial charge is 0.122 e. The molecule has 5 heteroatoms. The third kappa shape index (κ3) is 7.16. The van der Waals surface area contributed by atoms with Gasteiger partial charge < -0.3 is 24.7 Å². The van der Waals surface area contributed by atoms with Crippen LogP contribution in [0.5, 0.6) is 11.5 Å². The van der Waals surface area contributed by atoms with Gasteiger partial charge in [0.2, 0.25) is 0 Å². The van der Waals surface area contributed by atoms with Crippen molar-refractivity contribution < 1.29 is 14.9 Å². The molecule has 2 N–H and O–H groups in total. The molecule has 5 nitrogen and oxygen atoms in total. The molecule has 0 radical (unpaired) electrons. The van der Waals surface area contributed by atoms with Gasteiger partial charge in [-0.25, -0.2) is 0 Å². The fourth-order valence-electron chi connectivity index (χ4n) is 3.81. The van der Waals surface area contributed by atoms with Gasteiger partial charge in [-0.3, -0.25) is 0 Å². The molecule has 176 valence electrons. The number of anilines is 2. The van der Waals surface area contributed by atoms with Gasteiger partial charge in [-0.05, 0) is 67.6 Å². The van der Waals surface area contributed by atoms with Gasteiger partial charge in [-0.2, -0.15) is 0 Å². The van der Waals surface area contributed by atoms with Crippen molar-refractivity contribution >= 4 is 11.4 Å². The zero-order chi connectivity index (χ0) is 23.6. The number of aryl methyl sites for hydroxylation is 2. The Morgan fingerprint density at radius 2 is 1.27 bits per heavy atom. The van der Waals surface area contributed by atoms with Gasteiger partial charge in [0, 0.05) is 56.8 Å². The molecule has 0 saturated carbocycles. The van der Waals surface area contributed by atoms with Gasteiger partial charge in [0.15, 0.2) is 0 Å². The highest BCUT2D eigenvalue weighted by atomic mass is 16.5. The number of phenols is 1. The summed E-state index contributed by atoms with van der Waals surface area (Å²) in [4.78, 5) is 4.66. The maximum atomic E-state index is 9.34. The van der Waals surface area contributed by atoms with E-state index in [2.05, 4.69) is 53.1 Å². The number of hydrogen-bond donors (Lipinski definition) is 2. The number of phenolic OH excluding ortho intramolecular Hbond substituents is 1. The second-order valence-corrected chi connectivity index (χ2v) is 8.49. The van der Waals surface area contributed by atoms with Crippen LogP contribution in [0.25, 0.3) is 0 Å². The van der Waals surface area contributed by atoms with E-state index in [1.54, 1.807) is 6.07 Å². The number of aliphatic hydroxyl groups excluding tert-OH is 1. The summed E-state index contributed by atoms with van der Waals surface area (Å²) in [6, 6.07) is 22.5. The number of ether oxygens (including phenoxy) is 1. The van der Waals surface area contributed by atoms with Crippen LogP contribution in [0.4, 0.5) is 11.4 Å². The van der Waals surface area contributed by atoms with Crippen LogP contribution >= 0.6 is 0 Å². The number of benzene rings is 3. The second-order valence-electron chi connectivity index (χ2n) is 8.49. The van der Waals surface area contributed by atoms with Crippen molar-refractivity contribution in [1.29, 1.82) is 0 Å². The zero-order valence-corrected chi connectivity index (χ0v) is 20.0. The summed E-state index contributed by atoms with van der Waals surface area (Å²) < 4.78 is 5.91. The molecular weight excluding hydrogens is 412 g/mol. The summed E-state index contributed by atoms with van der Waals surface area (Å²) in [6.07, 6.45) is 2.57. The van der Waals surface area contributed by atoms with Gasteiger partial charge in [0.1, 0.15) is 18.1 Å². The second kappa shape index (κ2) is 12.2. The van der Waals surface area contributed by atoms with Crippen molar-refractivity contribution in [2.45, 2.75) is 33.3 Å². The van der Waals surface area contributed by atoms with Gasteiger partial charge in [0.25, 0.3) is 0 Å². The number of hydrogen-bond acceptors (Lipinski definition) is 5. The molecule has 2 saturated heterocycles. The van der Waals surface area contributed by atoms with E-state index in [4.69, 9.17) is 9.84 Å². The molecular formula is C28H36N2O3. The SMILES string of the molecule is CO.Cc1cc(O)cc(N2CCC2)c1.Cc1cc(OCc2ccccc2)cc(N2CCC2)c1. The quantitative estimate of drug-likeness (QED) is 0.554. The first-order valence-electron chi connectivity index (χ1n) is 11.6. The minimum atomic E-state index is 0.372. The van der Waals surface area contributed by atoms with Crippen molar-refractivity contribution in [3.05, 3.63) is 83.4 Å². The Balaban J connectivity index is 0.000000188. The summed E-state index contributed by atoms with van der Waals surface area (Å²) >= 11 is 0. The third-order valence-corrected chi connectivity index (χ3v) is 5.77. The predicted octanol–water partition coefficient (Wildman–Crippen LogP) is 5.30. The van der Waals surface area contributed by atoms with Crippen LogP contribution in [0.1, 0.15) is 29.5 Å². The monoisotopic (exact) mass is 448 g/mol. The molecule has 0 atom stereocenters. The molecule has 2 aliphatic rings. The molecule has 3 aromatic rings. The first kappa shape index (κ1) is 24.5. The number of aromatic hydroxyl groups is 1. The van der Waals surface area contributed by atoms with Gasteiger partial charge >= 0.3 is 0 Å². The van der Waals surface area contributed by atoms with E-state index in [-0.39, 0.29) is 0 Å². The van der Waals surface area contributed by atoms with E-state index in [0.717, 1.165) is 37.2 Å². The van der Waals surface area contributed by atoms with Crippen LogP contribution in [0.15, 0.2) is 66.7 Å². The minimum absolute atomic E-state index is 0.372. The molecule has 2 fully saturated rings. The van der Waals surface area contributed by atoms with Crippen molar-refractivity contribution in [3.63, 3.8) is 0 Å². The normalized spacial score (nSPS) is 14.1. The highest BCUT2D eigenvalue weighted by Crippen LogP contribution is 2.28. The Kier molecular flexibility index (Phi) is 9.02. The minimum Gasteiger partial charge on any atom is -0.508 e. The van der Waals surface area contributed by atoms with Crippen molar-refractivity contribution in [3.8, 4) is 11.5 Å². The molecule has 0 bridgehead atoms. The molecule has 2 aliphatic heterocycles. The van der Waals surface area contributed by atoms with Crippen LogP contribution in [0.3, 0.4) is 0 Å². The average Bonchev–Trinajstić information content (AvgIpc) is 2.71. The van der Waals surface area contributed by atoms with Gasteiger partial charge in [-0.1, -0.05) is 30.3 Å². The first-order valence-corrected chi connectivity index (χ1v) is 11.6. The number of aliphatic hydroxyl groups is 1. The van der Waals surface area contributed by atoms with E-state index >= 15 is 0 Å². The standard InChI is InChI=1S/C17H19NO.C10H13NO.CH4O/c1-14-10-16(18-8-5-9-18)12-17(11-14)19-13-15-6-3-2-4-7-15;1-8-5-9(7-10(12)6-8)11-3-2-4-11;1-2/h2-4,6-7,10-12H,5,8-9,13H2,1H3;5-7,12H,2-4H2,1H3;2H,1H3. The van der Waals surface area contributed by atoms with Crippen LogP contribution in [0.2, 0.25) is 0 Å². The first-order chi connectivity index (χ1) is 16.1. The Bertz CT molecular complexity index is 979. The van der Waals surface area contributed by atoms with Crippen LogP contribution < -0.4 is 14.5 Å². The lowest BCUT2D eigenvalue weighted by atomic mass is 10.1. The third-order valence-electron chi connectivity index (χ3n) is 5.77. The lowest BCUT2D eigenvalue weighted by Crippen LogP contribution is -2.36. The van der Waals surface area contributed by atoms with E-state index < -0.39 is 0 Å². The maximum Gasteiger partial charge on any atom is 0.122 e. The Morgan fingerprint density at radius 3 is 1.79 bits per heavy atom. The molecule has 0 amide bonds. The molecule has 0 unspecified atom stereocenters. The molecule has 0 spiro atoms. The Morgan fingerprint density at radius 1 is 0.727 bits per heavy atom. The predicted molar refractivity (Wildman–Crippen MR) is 137 cm³/mol. The summed E-state index contributed by atoms with van der Waals surface area (Å²) in [7, 11) is 1.00. The molecule has 3 aromatic carbocycles. The van der Waals surface area contributed by atoms with Crippen LogP contribution in [0, 0.1) is 13.8 Å². The van der Waals surface area contributed by atoms with Crippen molar-refractivity contribution in [1.82, 2.24) is 0 Å². The summed E-state index contributed by atoms with van der Waals surface area (Å²) in [5.74, 6) is 1.34. The Labute approximate surface area is 197 Å². The highest BCUT2D eigenvalue weighted by molar-refractivity contribution is 5.55. The lowest BCUT2D eigenvalue weighted by molar-refractivity contribution is 0.306. The fourth-order valence-corrected chi connectivity index (χ4v) is 3.81. The number of rotatable bonds is 5. The maximum absolute atomic E-state index is 9.34. The van der Waals surface area contributed by atoms with E-state index in [9.17, 15) is 5.11 Å². The lowest BCUT2D eigenvalue weighted by Gasteiger charge is -2.33. The van der Waals surface area contributed by atoms with Crippen LogP contribution in [-0.2, 0) is 6.61 Å². The van der Waals surface area contributed by atoms with Gasteiger partial charge in [0.05, 0.1) is 0 Å². The topological polar surface area (TPSA) is 56.2 Å². The Hall–Kier alpha value is -3.18.